The molecular formula is C13H11N3O. The maximum Gasteiger partial charge on any atom is 0.166 e. The number of phenolic OH excluding ortho intramolecular Hbond substituents is 1. The molecule has 4 nitrogen and oxygen atoms in total. The lowest BCUT2D eigenvalue weighted by molar-refractivity contribution is 0.474. The molecule has 0 spiro atoms. The zero-order valence-electron chi connectivity index (χ0n) is 9.22. The van der Waals surface area contributed by atoms with Crippen molar-refractivity contribution in [3.05, 3.63) is 41.2 Å². The predicted molar refractivity (Wildman–Crippen MR) is 62.0 cm³/mol. The summed E-state index contributed by atoms with van der Waals surface area (Å²) in [6, 6.07) is 9.08. The van der Waals surface area contributed by atoms with E-state index in [0.29, 0.717) is 5.69 Å². The van der Waals surface area contributed by atoms with E-state index in [9.17, 15) is 5.11 Å². The number of aromatic hydroxyl groups is 1. The fourth-order valence-corrected chi connectivity index (χ4v) is 2.37. The van der Waals surface area contributed by atoms with Gasteiger partial charge in [-0.05, 0) is 31.4 Å². The molecule has 0 saturated heterocycles. The first-order valence-electron chi connectivity index (χ1n) is 5.60. The zero-order valence-corrected chi connectivity index (χ0v) is 9.22. The van der Waals surface area contributed by atoms with Crippen LogP contribution >= 0.6 is 0 Å². The van der Waals surface area contributed by atoms with Gasteiger partial charge < -0.3 is 5.11 Å². The van der Waals surface area contributed by atoms with Gasteiger partial charge in [0.2, 0.25) is 0 Å². The summed E-state index contributed by atoms with van der Waals surface area (Å²) in [5.74, 6) is 0.211. The van der Waals surface area contributed by atoms with E-state index in [1.165, 1.54) is 0 Å². The minimum absolute atomic E-state index is 0.211. The van der Waals surface area contributed by atoms with Crippen LogP contribution in [0.3, 0.4) is 0 Å². The number of benzene rings is 1. The number of fused-ring (bicyclic) bond motifs is 1. The van der Waals surface area contributed by atoms with Crippen LogP contribution in [-0.4, -0.2) is 14.9 Å². The van der Waals surface area contributed by atoms with Crippen molar-refractivity contribution in [1.29, 1.82) is 5.26 Å². The summed E-state index contributed by atoms with van der Waals surface area (Å²) in [6.07, 6.45) is 2.94. The van der Waals surface area contributed by atoms with E-state index < -0.39 is 0 Å². The molecule has 17 heavy (non-hydrogen) atoms. The van der Waals surface area contributed by atoms with Gasteiger partial charge in [-0.1, -0.05) is 6.07 Å². The van der Waals surface area contributed by atoms with Gasteiger partial charge >= 0.3 is 0 Å². The molecule has 84 valence electrons. The second-order valence-electron chi connectivity index (χ2n) is 4.17. The molecular weight excluding hydrogens is 214 g/mol. The average molecular weight is 225 g/mol. The summed E-state index contributed by atoms with van der Waals surface area (Å²) in [5, 5.41) is 22.8. The van der Waals surface area contributed by atoms with Crippen LogP contribution < -0.4 is 0 Å². The second kappa shape index (κ2) is 3.63. The Hall–Kier alpha value is -2.28. The molecule has 1 heterocycles. The molecule has 0 bridgehead atoms. The van der Waals surface area contributed by atoms with Gasteiger partial charge in [0.05, 0.1) is 5.69 Å². The third-order valence-corrected chi connectivity index (χ3v) is 3.11. The van der Waals surface area contributed by atoms with Crippen LogP contribution in [0.4, 0.5) is 0 Å². The van der Waals surface area contributed by atoms with Crippen molar-refractivity contribution in [1.82, 2.24) is 9.78 Å². The maximum atomic E-state index is 9.48. The quantitative estimate of drug-likeness (QED) is 0.806. The third-order valence-electron chi connectivity index (χ3n) is 3.11. The standard InChI is InChI=1S/C13H11N3O/c14-8-12-11-5-2-6-13(11)16(15-12)9-3-1-4-10(17)7-9/h1,3-4,7,17H,2,5-6H2. The third kappa shape index (κ3) is 1.48. The molecule has 0 atom stereocenters. The van der Waals surface area contributed by atoms with E-state index in [-0.39, 0.29) is 5.75 Å². The predicted octanol–water partition coefficient (Wildman–Crippen LogP) is 1.94. The average Bonchev–Trinajstić information content (AvgIpc) is 2.89. The topological polar surface area (TPSA) is 61.8 Å². The van der Waals surface area contributed by atoms with Crippen molar-refractivity contribution >= 4 is 0 Å². The lowest BCUT2D eigenvalue weighted by Crippen LogP contribution is -2.00. The van der Waals surface area contributed by atoms with Gasteiger partial charge in [0, 0.05) is 17.3 Å². The van der Waals surface area contributed by atoms with E-state index in [1.54, 1.807) is 22.9 Å². The van der Waals surface area contributed by atoms with E-state index in [2.05, 4.69) is 11.2 Å². The molecule has 1 N–H and O–H groups in total. The van der Waals surface area contributed by atoms with Crippen LogP contribution in [-0.2, 0) is 12.8 Å². The summed E-state index contributed by atoms with van der Waals surface area (Å²) in [5.41, 5.74) is 3.49. The smallest absolute Gasteiger partial charge is 0.166 e. The normalized spacial score (nSPS) is 13.4. The Labute approximate surface area is 98.7 Å². The van der Waals surface area contributed by atoms with Crippen molar-refractivity contribution in [3.8, 4) is 17.5 Å². The molecule has 1 aliphatic rings. The van der Waals surface area contributed by atoms with Crippen molar-refractivity contribution in [2.24, 2.45) is 0 Å². The van der Waals surface area contributed by atoms with Gasteiger partial charge in [0.25, 0.3) is 0 Å². The Bertz CT molecular complexity index is 622. The maximum absolute atomic E-state index is 9.48. The number of rotatable bonds is 1. The minimum atomic E-state index is 0.211. The first-order chi connectivity index (χ1) is 8.29. The van der Waals surface area contributed by atoms with Gasteiger partial charge in [-0.2, -0.15) is 10.4 Å². The number of hydrogen-bond acceptors (Lipinski definition) is 3. The number of aromatic nitrogens is 2. The molecule has 4 heteroatoms. The Morgan fingerprint density at radius 2 is 2.24 bits per heavy atom. The summed E-state index contributed by atoms with van der Waals surface area (Å²) in [6.45, 7) is 0. The fraction of sp³-hybridized carbons (Fsp3) is 0.231. The molecule has 1 aromatic carbocycles. The van der Waals surface area contributed by atoms with Crippen LogP contribution in [0.2, 0.25) is 0 Å². The van der Waals surface area contributed by atoms with Crippen molar-refractivity contribution in [3.63, 3.8) is 0 Å². The molecule has 0 aliphatic heterocycles. The lowest BCUT2D eigenvalue weighted by atomic mass is 10.2. The molecule has 0 saturated carbocycles. The molecule has 0 unspecified atom stereocenters. The van der Waals surface area contributed by atoms with Gasteiger partial charge in [-0.25, -0.2) is 4.68 Å². The monoisotopic (exact) mass is 225 g/mol. The van der Waals surface area contributed by atoms with Crippen molar-refractivity contribution in [2.75, 3.05) is 0 Å². The summed E-state index contributed by atoms with van der Waals surface area (Å²) < 4.78 is 1.78. The Morgan fingerprint density at radius 1 is 1.35 bits per heavy atom. The Morgan fingerprint density at radius 3 is 3.00 bits per heavy atom. The first kappa shape index (κ1) is 9.91. The summed E-state index contributed by atoms with van der Waals surface area (Å²) in [4.78, 5) is 0. The van der Waals surface area contributed by atoms with Gasteiger partial charge in [-0.3, -0.25) is 0 Å². The fourth-order valence-electron chi connectivity index (χ4n) is 2.37. The molecule has 2 aromatic rings. The molecule has 3 rings (SSSR count). The summed E-state index contributed by atoms with van der Waals surface area (Å²) in [7, 11) is 0. The van der Waals surface area contributed by atoms with Crippen LogP contribution in [0.15, 0.2) is 24.3 Å². The Balaban J connectivity index is 2.19. The second-order valence-corrected chi connectivity index (χ2v) is 4.17. The minimum Gasteiger partial charge on any atom is -0.508 e. The highest BCUT2D eigenvalue weighted by molar-refractivity contribution is 5.45. The number of nitrogens with zero attached hydrogens (tertiary/aromatic N) is 3. The zero-order chi connectivity index (χ0) is 11.8. The molecule has 1 aromatic heterocycles. The van der Waals surface area contributed by atoms with Crippen LogP contribution in [0.5, 0.6) is 5.75 Å². The van der Waals surface area contributed by atoms with E-state index in [4.69, 9.17) is 5.26 Å². The van der Waals surface area contributed by atoms with Gasteiger partial charge in [0.1, 0.15) is 11.8 Å². The first-order valence-corrected chi connectivity index (χ1v) is 5.60. The van der Waals surface area contributed by atoms with Crippen LogP contribution in [0.25, 0.3) is 5.69 Å². The molecule has 1 aliphatic carbocycles. The highest BCUT2D eigenvalue weighted by atomic mass is 16.3. The number of phenols is 1. The van der Waals surface area contributed by atoms with E-state index >= 15 is 0 Å². The lowest BCUT2D eigenvalue weighted by Gasteiger charge is -2.05. The number of hydrogen-bond donors (Lipinski definition) is 1. The highest BCUT2D eigenvalue weighted by Gasteiger charge is 2.22. The van der Waals surface area contributed by atoms with Crippen LogP contribution in [0.1, 0.15) is 23.4 Å². The number of nitriles is 1. The molecule has 0 amide bonds. The van der Waals surface area contributed by atoms with E-state index in [1.807, 2.05) is 6.07 Å². The van der Waals surface area contributed by atoms with Crippen molar-refractivity contribution < 1.29 is 5.11 Å². The Kier molecular flexibility index (Phi) is 2.12. The molecule has 0 radical (unpaired) electrons. The SMILES string of the molecule is N#Cc1nn(-c2cccc(O)c2)c2c1CCC2. The van der Waals surface area contributed by atoms with Gasteiger partial charge in [-0.15, -0.1) is 0 Å². The highest BCUT2D eigenvalue weighted by Crippen LogP contribution is 2.28. The summed E-state index contributed by atoms with van der Waals surface area (Å²) >= 11 is 0. The molecule has 0 fully saturated rings. The van der Waals surface area contributed by atoms with Crippen molar-refractivity contribution in [2.45, 2.75) is 19.3 Å². The largest absolute Gasteiger partial charge is 0.508 e. The van der Waals surface area contributed by atoms with Crippen LogP contribution in [0, 0.1) is 11.3 Å². The van der Waals surface area contributed by atoms with Gasteiger partial charge in [0.15, 0.2) is 5.69 Å². The van der Waals surface area contributed by atoms with E-state index in [0.717, 1.165) is 36.2 Å².